The van der Waals surface area contributed by atoms with Crippen molar-refractivity contribution >= 4 is 0 Å². The number of hydrogen-bond donors (Lipinski definition) is 0. The van der Waals surface area contributed by atoms with E-state index in [-0.39, 0.29) is 0 Å². The molecule has 0 heteroatoms. The van der Waals surface area contributed by atoms with Gasteiger partial charge in [0.25, 0.3) is 0 Å². The molecule has 13 heavy (non-hydrogen) atoms. The van der Waals surface area contributed by atoms with Gasteiger partial charge in [-0.1, -0.05) is 20.3 Å². The van der Waals surface area contributed by atoms with Crippen molar-refractivity contribution in [3.63, 3.8) is 0 Å². The van der Waals surface area contributed by atoms with Crippen LogP contribution in [0.4, 0.5) is 0 Å². The molecule has 0 spiro atoms. The highest BCUT2D eigenvalue weighted by Crippen LogP contribution is 2.01. The van der Waals surface area contributed by atoms with Crippen LogP contribution in [0.3, 0.4) is 0 Å². The van der Waals surface area contributed by atoms with Crippen molar-refractivity contribution in [2.75, 3.05) is 0 Å². The highest BCUT2D eigenvalue weighted by Gasteiger charge is 1.84. The van der Waals surface area contributed by atoms with Crippen molar-refractivity contribution in [3.8, 4) is 23.7 Å². The van der Waals surface area contributed by atoms with Crippen molar-refractivity contribution in [2.24, 2.45) is 0 Å². The summed E-state index contributed by atoms with van der Waals surface area (Å²) in [4.78, 5) is 0. The monoisotopic (exact) mass is 176 g/mol. The standard InChI is InChI=1S/C13H20/c1-3-5-7-9-11-13-12-10-8-6-4-2/h3-4,9-13H2,1-2H3. The van der Waals surface area contributed by atoms with Crippen molar-refractivity contribution < 1.29 is 0 Å². The van der Waals surface area contributed by atoms with Crippen LogP contribution in [-0.4, -0.2) is 0 Å². The van der Waals surface area contributed by atoms with E-state index in [1.807, 2.05) is 0 Å². The van der Waals surface area contributed by atoms with Crippen LogP contribution >= 0.6 is 0 Å². The third kappa shape index (κ3) is 11.1. The Labute approximate surface area is 83.1 Å². The van der Waals surface area contributed by atoms with Crippen LogP contribution in [0.5, 0.6) is 0 Å². The van der Waals surface area contributed by atoms with Crippen LogP contribution in [0.25, 0.3) is 0 Å². The first-order valence-corrected chi connectivity index (χ1v) is 5.33. The lowest BCUT2D eigenvalue weighted by molar-refractivity contribution is 0.708. The summed E-state index contributed by atoms with van der Waals surface area (Å²) in [5.41, 5.74) is 0. The lowest BCUT2D eigenvalue weighted by Gasteiger charge is -1.91. The first-order chi connectivity index (χ1) is 6.41. The van der Waals surface area contributed by atoms with Crippen LogP contribution in [0.15, 0.2) is 0 Å². The van der Waals surface area contributed by atoms with Crippen molar-refractivity contribution in [2.45, 2.75) is 58.8 Å². The van der Waals surface area contributed by atoms with Crippen LogP contribution in [0.2, 0.25) is 0 Å². The van der Waals surface area contributed by atoms with E-state index in [4.69, 9.17) is 0 Å². The molecule has 0 aliphatic heterocycles. The molecule has 0 fully saturated rings. The minimum absolute atomic E-state index is 0.988. The Hall–Kier alpha value is -0.880. The highest BCUT2D eigenvalue weighted by molar-refractivity contribution is 4.98. The maximum atomic E-state index is 3.15. The molecule has 0 saturated carbocycles. The third-order valence-corrected chi connectivity index (χ3v) is 1.71. The predicted molar refractivity (Wildman–Crippen MR) is 59.2 cm³/mol. The maximum Gasteiger partial charge on any atom is 0.00886 e. The summed E-state index contributed by atoms with van der Waals surface area (Å²) >= 11 is 0. The molecule has 0 saturated heterocycles. The van der Waals surface area contributed by atoms with E-state index in [0.717, 1.165) is 25.7 Å². The van der Waals surface area contributed by atoms with Gasteiger partial charge in [0, 0.05) is 25.7 Å². The summed E-state index contributed by atoms with van der Waals surface area (Å²) in [6.07, 6.45) is 7.85. The zero-order valence-corrected chi connectivity index (χ0v) is 8.95. The van der Waals surface area contributed by atoms with Gasteiger partial charge in [-0.2, -0.15) is 0 Å². The molecule has 0 aromatic heterocycles. The van der Waals surface area contributed by atoms with E-state index in [2.05, 4.69) is 37.5 Å². The Kier molecular flexibility index (Phi) is 10.4. The maximum absolute atomic E-state index is 3.15. The summed E-state index contributed by atoms with van der Waals surface area (Å²) in [6, 6.07) is 0. The van der Waals surface area contributed by atoms with E-state index in [9.17, 15) is 0 Å². The van der Waals surface area contributed by atoms with Crippen molar-refractivity contribution in [1.29, 1.82) is 0 Å². The molecule has 0 bridgehead atoms. The molecule has 0 heterocycles. The van der Waals surface area contributed by atoms with E-state index in [0.29, 0.717) is 0 Å². The topological polar surface area (TPSA) is 0 Å². The van der Waals surface area contributed by atoms with Gasteiger partial charge in [0.15, 0.2) is 0 Å². The lowest BCUT2D eigenvalue weighted by Crippen LogP contribution is -1.75. The first kappa shape index (κ1) is 12.1. The zero-order chi connectivity index (χ0) is 9.78. The Morgan fingerprint density at radius 2 is 1.08 bits per heavy atom. The van der Waals surface area contributed by atoms with Crippen LogP contribution in [0, 0.1) is 23.7 Å². The van der Waals surface area contributed by atoms with Crippen LogP contribution in [-0.2, 0) is 0 Å². The minimum Gasteiger partial charge on any atom is -0.104 e. The number of unbranched alkanes of at least 4 members (excludes halogenated alkanes) is 4. The summed E-state index contributed by atoms with van der Waals surface area (Å²) in [5.74, 6) is 12.5. The highest BCUT2D eigenvalue weighted by atomic mass is 13.9. The Balaban J connectivity index is 3.08. The smallest absolute Gasteiger partial charge is 0.00886 e. The van der Waals surface area contributed by atoms with Gasteiger partial charge in [-0.25, -0.2) is 0 Å². The van der Waals surface area contributed by atoms with Gasteiger partial charge in [0.1, 0.15) is 0 Å². The Bertz CT molecular complexity index is 180. The molecule has 0 N–H and O–H groups in total. The summed E-state index contributed by atoms with van der Waals surface area (Å²) < 4.78 is 0. The number of rotatable bonds is 4. The van der Waals surface area contributed by atoms with E-state index in [1.54, 1.807) is 0 Å². The molecule has 72 valence electrons. The van der Waals surface area contributed by atoms with Crippen molar-refractivity contribution in [3.05, 3.63) is 0 Å². The van der Waals surface area contributed by atoms with Gasteiger partial charge in [-0.15, -0.1) is 23.7 Å². The summed E-state index contributed by atoms with van der Waals surface area (Å²) in [7, 11) is 0. The quantitative estimate of drug-likeness (QED) is 0.452. The fraction of sp³-hybridized carbons (Fsp3) is 0.692. The third-order valence-electron chi connectivity index (χ3n) is 1.71. The zero-order valence-electron chi connectivity index (χ0n) is 8.95. The summed E-state index contributed by atoms with van der Waals surface area (Å²) in [5, 5.41) is 0. The second-order valence-corrected chi connectivity index (χ2v) is 2.97. The predicted octanol–water partition coefficient (Wildman–Crippen LogP) is 3.76. The fourth-order valence-corrected chi connectivity index (χ4v) is 1.03. The first-order valence-electron chi connectivity index (χ1n) is 5.33. The molecule has 0 radical (unpaired) electrons. The molecule has 0 aromatic carbocycles. The van der Waals surface area contributed by atoms with Gasteiger partial charge in [-0.3, -0.25) is 0 Å². The second kappa shape index (κ2) is 11.1. The average molecular weight is 176 g/mol. The second-order valence-electron chi connectivity index (χ2n) is 2.97. The molecular weight excluding hydrogens is 156 g/mol. The SMILES string of the molecule is CCC#CCCCCCC#CCC. The normalized spacial score (nSPS) is 8.15. The molecule has 0 nitrogen and oxygen atoms in total. The van der Waals surface area contributed by atoms with Crippen molar-refractivity contribution in [1.82, 2.24) is 0 Å². The fourth-order valence-electron chi connectivity index (χ4n) is 1.03. The average Bonchev–Trinajstić information content (AvgIpc) is 2.16. The van der Waals surface area contributed by atoms with E-state index in [1.165, 1.54) is 19.3 Å². The Morgan fingerprint density at radius 1 is 0.615 bits per heavy atom. The molecule has 0 amide bonds. The lowest BCUT2D eigenvalue weighted by atomic mass is 10.1. The molecule has 0 unspecified atom stereocenters. The van der Waals surface area contributed by atoms with Gasteiger partial charge in [-0.05, 0) is 12.8 Å². The molecule has 0 aliphatic rings. The summed E-state index contributed by atoms with van der Waals surface area (Å²) in [6.45, 7) is 4.18. The largest absolute Gasteiger partial charge is 0.104 e. The molecule has 0 atom stereocenters. The molecule has 0 aromatic rings. The number of hydrogen-bond acceptors (Lipinski definition) is 0. The van der Waals surface area contributed by atoms with Gasteiger partial charge in [0.05, 0.1) is 0 Å². The van der Waals surface area contributed by atoms with Gasteiger partial charge >= 0.3 is 0 Å². The van der Waals surface area contributed by atoms with Gasteiger partial charge in [0.2, 0.25) is 0 Å². The minimum atomic E-state index is 0.988. The van der Waals surface area contributed by atoms with E-state index < -0.39 is 0 Å². The Morgan fingerprint density at radius 3 is 1.46 bits per heavy atom. The van der Waals surface area contributed by atoms with Crippen LogP contribution in [0.1, 0.15) is 58.8 Å². The van der Waals surface area contributed by atoms with Crippen LogP contribution < -0.4 is 0 Å². The molecular formula is C13H20. The molecule has 0 aliphatic carbocycles. The van der Waals surface area contributed by atoms with E-state index >= 15 is 0 Å². The molecule has 0 rings (SSSR count). The van der Waals surface area contributed by atoms with Gasteiger partial charge < -0.3 is 0 Å².